The summed E-state index contributed by atoms with van der Waals surface area (Å²) in [6.07, 6.45) is 2.83. The normalized spacial score (nSPS) is 45.0. The van der Waals surface area contributed by atoms with Gasteiger partial charge in [0.15, 0.2) is 0 Å². The van der Waals surface area contributed by atoms with Crippen LogP contribution in [-0.2, 0) is 0 Å². The first-order chi connectivity index (χ1) is 2.80. The molecule has 0 heterocycles. The lowest BCUT2D eigenvalue weighted by Crippen LogP contribution is -2.24. The monoisotopic (exact) mass is 120 g/mol. The lowest BCUT2D eigenvalue weighted by molar-refractivity contribution is 0.539. The van der Waals surface area contributed by atoms with E-state index in [2.05, 4.69) is 18.5 Å². The van der Waals surface area contributed by atoms with Crippen LogP contribution >= 0.6 is 18.5 Å². The molecule has 4 unspecified atom stereocenters. The van der Waals surface area contributed by atoms with Crippen molar-refractivity contribution in [2.75, 3.05) is 0 Å². The van der Waals surface area contributed by atoms with Gasteiger partial charge in [-0.1, -0.05) is 0 Å². The van der Waals surface area contributed by atoms with Crippen LogP contribution in [0.25, 0.3) is 0 Å². The minimum absolute atomic E-state index is 0.912. The van der Waals surface area contributed by atoms with E-state index in [1.54, 1.807) is 0 Å². The van der Waals surface area contributed by atoms with Gasteiger partial charge in [-0.05, 0) is 24.2 Å². The molecule has 0 amide bonds. The van der Waals surface area contributed by atoms with Crippen molar-refractivity contribution in [1.29, 1.82) is 0 Å². The van der Waals surface area contributed by atoms with Gasteiger partial charge < -0.3 is 0 Å². The number of hydrogen-bond donors (Lipinski definition) is 0. The fraction of sp³-hybridized carbons (Fsp3) is 1.00. The van der Waals surface area contributed by atoms with Crippen LogP contribution < -0.4 is 0 Å². The van der Waals surface area contributed by atoms with Crippen molar-refractivity contribution >= 4 is 18.5 Å². The quantitative estimate of drug-likeness (QED) is 0.422. The Morgan fingerprint density at radius 1 is 1.00 bits per heavy atom. The Labute approximate surface area is 43.5 Å². The first-order valence-electron chi connectivity index (χ1n) is 2.32. The minimum atomic E-state index is 0.912. The molecule has 0 saturated heterocycles. The van der Waals surface area contributed by atoms with E-state index in [1.165, 1.54) is 12.8 Å². The molecular formula is C4H10P2. The second kappa shape index (κ2) is 1.76. The van der Waals surface area contributed by atoms with Crippen LogP contribution in [0.5, 0.6) is 0 Å². The summed E-state index contributed by atoms with van der Waals surface area (Å²) in [5.41, 5.74) is 1.82. The molecular weight excluding hydrogens is 110 g/mol. The van der Waals surface area contributed by atoms with Crippen LogP contribution in [0.1, 0.15) is 12.8 Å². The van der Waals surface area contributed by atoms with Crippen molar-refractivity contribution in [3.05, 3.63) is 0 Å². The number of rotatable bonds is 0. The molecule has 0 aromatic carbocycles. The summed E-state index contributed by atoms with van der Waals surface area (Å²) in [7, 11) is 5.68. The summed E-state index contributed by atoms with van der Waals surface area (Å²) in [5, 5.41) is 0. The Morgan fingerprint density at radius 3 is 1.33 bits per heavy atom. The summed E-state index contributed by atoms with van der Waals surface area (Å²) in [4.78, 5) is 0. The molecule has 0 N–H and O–H groups in total. The van der Waals surface area contributed by atoms with Gasteiger partial charge in [0.25, 0.3) is 0 Å². The average Bonchev–Trinajstić information content (AvgIpc) is 1.61. The smallest absolute Gasteiger partial charge is 0.0201 e. The van der Waals surface area contributed by atoms with Gasteiger partial charge in [0, 0.05) is 0 Å². The fourth-order valence-electron chi connectivity index (χ4n) is 0.552. The van der Waals surface area contributed by atoms with Crippen LogP contribution in [-0.4, -0.2) is 11.3 Å². The predicted octanol–water partition coefficient (Wildman–Crippen LogP) is 1.27. The molecule has 0 aromatic rings. The summed E-state index contributed by atoms with van der Waals surface area (Å²) in [6, 6.07) is 0. The molecule has 36 valence electrons. The molecule has 1 aliphatic rings. The summed E-state index contributed by atoms with van der Waals surface area (Å²) in [6.45, 7) is 0. The Balaban J connectivity index is 2.20. The number of hydrogen-bond acceptors (Lipinski definition) is 0. The SMILES string of the molecule is PC1CCC1P. The molecule has 0 radical (unpaired) electrons. The lowest BCUT2D eigenvalue weighted by Gasteiger charge is -2.29. The molecule has 0 aromatic heterocycles. The Kier molecular flexibility index (Phi) is 1.47. The maximum Gasteiger partial charge on any atom is -0.0201 e. The van der Waals surface area contributed by atoms with Crippen molar-refractivity contribution in [2.24, 2.45) is 0 Å². The van der Waals surface area contributed by atoms with E-state index < -0.39 is 0 Å². The first-order valence-corrected chi connectivity index (χ1v) is 3.65. The van der Waals surface area contributed by atoms with Crippen LogP contribution in [0, 0.1) is 0 Å². The molecule has 1 rings (SSSR count). The summed E-state index contributed by atoms with van der Waals surface area (Å²) >= 11 is 0. The predicted molar refractivity (Wildman–Crippen MR) is 36.2 cm³/mol. The lowest BCUT2D eigenvalue weighted by atomic mass is 9.99. The summed E-state index contributed by atoms with van der Waals surface area (Å²) < 4.78 is 0. The highest BCUT2D eigenvalue weighted by Crippen LogP contribution is 2.33. The molecule has 1 fully saturated rings. The van der Waals surface area contributed by atoms with E-state index in [0.29, 0.717) is 0 Å². The van der Waals surface area contributed by atoms with E-state index in [9.17, 15) is 0 Å². The molecule has 0 spiro atoms. The first kappa shape index (κ1) is 5.01. The molecule has 4 atom stereocenters. The van der Waals surface area contributed by atoms with Gasteiger partial charge in [-0.25, -0.2) is 0 Å². The van der Waals surface area contributed by atoms with Crippen LogP contribution in [0.15, 0.2) is 0 Å². The largest absolute Gasteiger partial charge is 0.134 e. The van der Waals surface area contributed by atoms with Gasteiger partial charge in [-0.2, -0.15) is 0 Å². The molecule has 1 aliphatic carbocycles. The second-order valence-electron chi connectivity index (χ2n) is 1.91. The van der Waals surface area contributed by atoms with Gasteiger partial charge in [-0.15, -0.1) is 18.5 Å². The fourth-order valence-corrected chi connectivity index (χ4v) is 1.32. The van der Waals surface area contributed by atoms with Crippen LogP contribution in [0.4, 0.5) is 0 Å². The molecule has 0 bridgehead atoms. The minimum Gasteiger partial charge on any atom is -0.134 e. The van der Waals surface area contributed by atoms with Gasteiger partial charge in [0.1, 0.15) is 0 Å². The highest BCUT2D eigenvalue weighted by molar-refractivity contribution is 7.23. The van der Waals surface area contributed by atoms with Crippen molar-refractivity contribution in [3.63, 3.8) is 0 Å². The third kappa shape index (κ3) is 0.745. The average molecular weight is 120 g/mol. The highest BCUT2D eigenvalue weighted by Gasteiger charge is 2.21. The maximum absolute atomic E-state index is 2.84. The van der Waals surface area contributed by atoms with E-state index in [0.717, 1.165) is 11.3 Å². The molecule has 0 aliphatic heterocycles. The van der Waals surface area contributed by atoms with Crippen LogP contribution in [0.2, 0.25) is 0 Å². The topological polar surface area (TPSA) is 0 Å². The zero-order chi connectivity index (χ0) is 4.57. The third-order valence-electron chi connectivity index (χ3n) is 1.38. The van der Waals surface area contributed by atoms with Crippen molar-refractivity contribution in [3.8, 4) is 0 Å². The molecule has 2 heteroatoms. The maximum atomic E-state index is 2.84. The van der Waals surface area contributed by atoms with Crippen molar-refractivity contribution < 1.29 is 0 Å². The van der Waals surface area contributed by atoms with Crippen molar-refractivity contribution in [1.82, 2.24) is 0 Å². The van der Waals surface area contributed by atoms with E-state index in [4.69, 9.17) is 0 Å². The van der Waals surface area contributed by atoms with E-state index >= 15 is 0 Å². The van der Waals surface area contributed by atoms with E-state index in [-0.39, 0.29) is 0 Å². The Bertz CT molecular complexity index is 45.5. The van der Waals surface area contributed by atoms with E-state index in [1.807, 2.05) is 0 Å². The standard InChI is InChI=1S/C4H10P2/c5-3-1-2-4(3)6/h3-4H,1-2,5-6H2. The van der Waals surface area contributed by atoms with Gasteiger partial charge in [0.2, 0.25) is 0 Å². The van der Waals surface area contributed by atoms with Gasteiger partial charge in [0.05, 0.1) is 0 Å². The zero-order valence-electron chi connectivity index (χ0n) is 3.72. The molecule has 0 nitrogen and oxygen atoms in total. The van der Waals surface area contributed by atoms with Gasteiger partial charge in [-0.3, -0.25) is 0 Å². The molecule has 6 heavy (non-hydrogen) atoms. The van der Waals surface area contributed by atoms with Crippen molar-refractivity contribution in [2.45, 2.75) is 24.2 Å². The summed E-state index contributed by atoms with van der Waals surface area (Å²) in [5.74, 6) is 0. The third-order valence-corrected chi connectivity index (χ3v) is 3.48. The Morgan fingerprint density at radius 2 is 1.33 bits per heavy atom. The van der Waals surface area contributed by atoms with Gasteiger partial charge >= 0.3 is 0 Å². The molecule has 1 saturated carbocycles. The second-order valence-corrected chi connectivity index (χ2v) is 3.62. The highest BCUT2D eigenvalue weighted by atomic mass is 31.0. The van der Waals surface area contributed by atoms with Crippen LogP contribution in [0.3, 0.4) is 0 Å². The Hall–Kier alpha value is 0.860. The zero-order valence-corrected chi connectivity index (χ0v) is 6.03.